The summed E-state index contributed by atoms with van der Waals surface area (Å²) in [7, 11) is 1.86. The highest BCUT2D eigenvalue weighted by molar-refractivity contribution is 8.01. The molecule has 1 atom stereocenters. The second-order valence-corrected chi connectivity index (χ2v) is 7.58. The summed E-state index contributed by atoms with van der Waals surface area (Å²) in [6.07, 6.45) is 0. The lowest BCUT2D eigenvalue weighted by atomic mass is 10.1. The van der Waals surface area contributed by atoms with Gasteiger partial charge in [0, 0.05) is 7.05 Å². The van der Waals surface area contributed by atoms with Gasteiger partial charge in [0.05, 0.1) is 22.0 Å². The zero-order chi connectivity index (χ0) is 16.2. The van der Waals surface area contributed by atoms with Crippen LogP contribution in [0.25, 0.3) is 10.2 Å². The van der Waals surface area contributed by atoms with Crippen LogP contribution in [0.4, 0.5) is 0 Å². The summed E-state index contributed by atoms with van der Waals surface area (Å²) in [5, 5.41) is 0. The number of carbonyl (C=O) groups is 1. The summed E-state index contributed by atoms with van der Waals surface area (Å²) in [6, 6.07) is 18.2. The summed E-state index contributed by atoms with van der Waals surface area (Å²) in [4.78, 5) is 18.8. The number of thiazole rings is 1. The minimum absolute atomic E-state index is 0.0691. The molecule has 0 fully saturated rings. The van der Waals surface area contributed by atoms with Gasteiger partial charge in [-0.1, -0.05) is 54.2 Å². The van der Waals surface area contributed by atoms with Crippen molar-refractivity contribution in [2.75, 3.05) is 12.8 Å². The van der Waals surface area contributed by atoms with E-state index in [-0.39, 0.29) is 11.9 Å². The molecule has 0 aliphatic rings. The molecule has 2 aromatic carbocycles. The van der Waals surface area contributed by atoms with Crippen LogP contribution in [-0.2, 0) is 4.79 Å². The molecule has 1 aromatic heterocycles. The Balaban J connectivity index is 1.62. The number of hydrogen-bond donors (Lipinski definition) is 0. The molecule has 1 amide bonds. The number of benzene rings is 2. The Morgan fingerprint density at radius 1 is 1.17 bits per heavy atom. The van der Waals surface area contributed by atoms with E-state index in [0.29, 0.717) is 5.75 Å². The Labute approximate surface area is 144 Å². The average Bonchev–Trinajstić information content (AvgIpc) is 3.02. The maximum Gasteiger partial charge on any atom is 0.233 e. The maximum absolute atomic E-state index is 12.4. The number of fused-ring (bicyclic) bond motifs is 1. The van der Waals surface area contributed by atoms with Gasteiger partial charge in [-0.2, -0.15) is 0 Å². The summed E-state index contributed by atoms with van der Waals surface area (Å²) < 4.78 is 2.11. The first-order chi connectivity index (χ1) is 11.1. The van der Waals surface area contributed by atoms with Crippen LogP contribution in [0.2, 0.25) is 0 Å². The molecule has 3 rings (SSSR count). The number of para-hydroxylation sites is 1. The van der Waals surface area contributed by atoms with Crippen molar-refractivity contribution in [2.24, 2.45) is 0 Å². The van der Waals surface area contributed by atoms with Crippen molar-refractivity contribution in [3.63, 3.8) is 0 Å². The Kier molecular flexibility index (Phi) is 4.98. The van der Waals surface area contributed by atoms with E-state index in [0.717, 1.165) is 20.1 Å². The van der Waals surface area contributed by atoms with Gasteiger partial charge in [-0.15, -0.1) is 11.3 Å². The SMILES string of the molecule is C[C@H](c1ccccc1)N(C)C(=O)CSc1nc2ccccc2s1. The number of nitrogens with zero attached hydrogens (tertiary/aromatic N) is 2. The number of aromatic nitrogens is 1. The monoisotopic (exact) mass is 342 g/mol. The topological polar surface area (TPSA) is 33.2 Å². The predicted octanol–water partition coefficient (Wildman–Crippen LogP) is 4.61. The van der Waals surface area contributed by atoms with Crippen LogP contribution < -0.4 is 0 Å². The Morgan fingerprint density at radius 3 is 2.61 bits per heavy atom. The van der Waals surface area contributed by atoms with E-state index in [1.54, 1.807) is 16.2 Å². The van der Waals surface area contributed by atoms with Crippen LogP contribution in [0.3, 0.4) is 0 Å². The summed E-state index contributed by atoms with van der Waals surface area (Å²) in [6.45, 7) is 2.05. The van der Waals surface area contributed by atoms with Gasteiger partial charge in [-0.3, -0.25) is 4.79 Å². The lowest BCUT2D eigenvalue weighted by Crippen LogP contribution is -2.31. The van der Waals surface area contributed by atoms with Crippen molar-refractivity contribution < 1.29 is 4.79 Å². The largest absolute Gasteiger partial charge is 0.338 e. The minimum atomic E-state index is 0.0691. The van der Waals surface area contributed by atoms with Crippen molar-refractivity contribution in [2.45, 2.75) is 17.3 Å². The van der Waals surface area contributed by atoms with Crippen LogP contribution >= 0.6 is 23.1 Å². The Hall–Kier alpha value is -1.85. The molecule has 0 saturated heterocycles. The average molecular weight is 342 g/mol. The van der Waals surface area contributed by atoms with E-state index < -0.39 is 0 Å². The van der Waals surface area contributed by atoms with Gasteiger partial charge in [-0.25, -0.2) is 4.98 Å². The van der Waals surface area contributed by atoms with Crippen molar-refractivity contribution in [1.82, 2.24) is 9.88 Å². The van der Waals surface area contributed by atoms with E-state index in [1.807, 2.05) is 43.4 Å². The van der Waals surface area contributed by atoms with E-state index >= 15 is 0 Å². The van der Waals surface area contributed by atoms with Gasteiger partial charge in [0.15, 0.2) is 4.34 Å². The molecular weight excluding hydrogens is 324 g/mol. The fourth-order valence-electron chi connectivity index (χ4n) is 2.31. The van der Waals surface area contributed by atoms with E-state index in [9.17, 15) is 4.79 Å². The molecule has 0 spiro atoms. The lowest BCUT2D eigenvalue weighted by molar-refractivity contribution is -0.128. The van der Waals surface area contributed by atoms with E-state index in [4.69, 9.17) is 0 Å². The molecule has 118 valence electrons. The number of carbonyl (C=O) groups excluding carboxylic acids is 1. The number of hydrogen-bond acceptors (Lipinski definition) is 4. The highest BCUT2D eigenvalue weighted by Gasteiger charge is 2.18. The third kappa shape index (κ3) is 3.74. The second kappa shape index (κ2) is 7.15. The quantitative estimate of drug-likeness (QED) is 0.635. The van der Waals surface area contributed by atoms with Crippen LogP contribution in [0.15, 0.2) is 58.9 Å². The van der Waals surface area contributed by atoms with Crippen molar-refractivity contribution in [3.8, 4) is 0 Å². The van der Waals surface area contributed by atoms with E-state index in [2.05, 4.69) is 30.1 Å². The number of rotatable bonds is 5. The second-order valence-electron chi connectivity index (χ2n) is 5.33. The minimum Gasteiger partial charge on any atom is -0.338 e. The molecule has 0 aliphatic carbocycles. The molecule has 5 heteroatoms. The van der Waals surface area contributed by atoms with Crippen molar-refractivity contribution >= 4 is 39.2 Å². The first-order valence-corrected chi connectivity index (χ1v) is 9.24. The molecule has 3 aromatic rings. The molecule has 23 heavy (non-hydrogen) atoms. The Bertz CT molecular complexity index is 768. The van der Waals surface area contributed by atoms with Gasteiger partial charge in [-0.05, 0) is 24.6 Å². The molecule has 1 heterocycles. The number of amides is 1. The summed E-state index contributed by atoms with van der Waals surface area (Å²) in [5.41, 5.74) is 2.15. The third-order valence-electron chi connectivity index (χ3n) is 3.85. The van der Waals surface area contributed by atoms with E-state index in [1.165, 1.54) is 11.8 Å². The molecular formula is C18H18N2OS2. The first kappa shape index (κ1) is 16.0. The fourth-order valence-corrected chi connectivity index (χ4v) is 4.30. The molecule has 3 nitrogen and oxygen atoms in total. The normalized spacial score (nSPS) is 12.3. The summed E-state index contributed by atoms with van der Waals surface area (Å²) >= 11 is 3.15. The van der Waals surface area contributed by atoms with Crippen LogP contribution in [0.1, 0.15) is 18.5 Å². The fraction of sp³-hybridized carbons (Fsp3) is 0.222. The molecule has 0 saturated carbocycles. The Morgan fingerprint density at radius 2 is 1.87 bits per heavy atom. The zero-order valence-electron chi connectivity index (χ0n) is 13.1. The first-order valence-electron chi connectivity index (χ1n) is 7.44. The van der Waals surface area contributed by atoms with Gasteiger partial charge < -0.3 is 4.90 Å². The van der Waals surface area contributed by atoms with Crippen molar-refractivity contribution in [3.05, 3.63) is 60.2 Å². The van der Waals surface area contributed by atoms with Crippen LogP contribution in [0, 0.1) is 0 Å². The molecule has 0 N–H and O–H groups in total. The smallest absolute Gasteiger partial charge is 0.233 e. The van der Waals surface area contributed by atoms with Crippen molar-refractivity contribution in [1.29, 1.82) is 0 Å². The van der Waals surface area contributed by atoms with Gasteiger partial charge in [0.25, 0.3) is 0 Å². The summed E-state index contributed by atoms with van der Waals surface area (Å²) in [5.74, 6) is 0.527. The lowest BCUT2D eigenvalue weighted by Gasteiger charge is -2.25. The predicted molar refractivity (Wildman–Crippen MR) is 98.0 cm³/mol. The van der Waals surface area contributed by atoms with Gasteiger partial charge in [0.2, 0.25) is 5.91 Å². The highest BCUT2D eigenvalue weighted by Crippen LogP contribution is 2.30. The standard InChI is InChI=1S/C18H18N2OS2/c1-13(14-8-4-3-5-9-14)20(2)17(21)12-22-18-19-15-10-6-7-11-16(15)23-18/h3-11,13H,12H2,1-2H3/t13-/m1/s1. The molecule has 0 aliphatic heterocycles. The molecule has 0 unspecified atom stereocenters. The van der Waals surface area contributed by atoms with Crippen LogP contribution in [0.5, 0.6) is 0 Å². The zero-order valence-corrected chi connectivity index (χ0v) is 14.7. The number of thioether (sulfide) groups is 1. The highest BCUT2D eigenvalue weighted by atomic mass is 32.2. The molecule has 0 radical (unpaired) electrons. The third-order valence-corrected chi connectivity index (χ3v) is 6.01. The maximum atomic E-state index is 12.4. The van der Waals surface area contributed by atoms with Gasteiger partial charge in [0.1, 0.15) is 0 Å². The van der Waals surface area contributed by atoms with Crippen LogP contribution in [-0.4, -0.2) is 28.6 Å². The molecule has 0 bridgehead atoms. The van der Waals surface area contributed by atoms with Gasteiger partial charge >= 0.3 is 0 Å².